The minimum atomic E-state index is -0.980. The molecule has 1 aromatic rings. The molecule has 0 spiro atoms. The molecule has 1 fully saturated rings. The summed E-state index contributed by atoms with van der Waals surface area (Å²) in [7, 11) is 0. The van der Waals surface area contributed by atoms with Crippen molar-refractivity contribution < 1.29 is 23.8 Å². The second-order valence-corrected chi connectivity index (χ2v) is 7.54. The van der Waals surface area contributed by atoms with E-state index >= 15 is 0 Å². The van der Waals surface area contributed by atoms with E-state index in [-0.39, 0.29) is 30.9 Å². The number of rotatable bonds is 5. The lowest BCUT2D eigenvalue weighted by Gasteiger charge is -2.23. The molecule has 1 unspecified atom stereocenters. The molecule has 3 amide bonds. The molecule has 1 saturated heterocycles. The number of imide groups is 1. The number of hydrogen-bond donors (Lipinski definition) is 1. The maximum Gasteiger partial charge on any atom is 0.325 e. The minimum absolute atomic E-state index is 0.202. The fourth-order valence-corrected chi connectivity index (χ4v) is 2.97. The van der Waals surface area contributed by atoms with Crippen LogP contribution in [0.1, 0.15) is 33.3 Å². The van der Waals surface area contributed by atoms with Crippen molar-refractivity contribution in [1.29, 1.82) is 0 Å². The van der Waals surface area contributed by atoms with Crippen molar-refractivity contribution in [3.05, 3.63) is 23.8 Å². The molecule has 1 atom stereocenters. The van der Waals surface area contributed by atoms with Crippen molar-refractivity contribution in [3.63, 3.8) is 0 Å². The number of carbonyl (C=O) groups excluding carboxylic acids is 2. The van der Waals surface area contributed by atoms with Crippen LogP contribution in [0, 0.1) is 0 Å². The fraction of sp³-hybridized carbons (Fsp3) is 0.556. The summed E-state index contributed by atoms with van der Waals surface area (Å²) in [5, 5.41) is 2.80. The van der Waals surface area contributed by atoms with E-state index < -0.39 is 5.54 Å². The third-order valence-corrected chi connectivity index (χ3v) is 4.19. The number of fused-ring (bicyclic) bond motifs is 1. The second kappa shape index (κ2) is 6.22. The van der Waals surface area contributed by atoms with Gasteiger partial charge in [0.15, 0.2) is 11.5 Å². The summed E-state index contributed by atoms with van der Waals surface area (Å²) in [6.07, 6.45) is 0.380. The van der Waals surface area contributed by atoms with Gasteiger partial charge in [-0.25, -0.2) is 4.79 Å². The third kappa shape index (κ3) is 3.71. The number of nitrogens with zero attached hydrogens (tertiary/aromatic N) is 1. The van der Waals surface area contributed by atoms with E-state index in [1.807, 2.05) is 39.0 Å². The molecule has 25 heavy (non-hydrogen) atoms. The van der Waals surface area contributed by atoms with Gasteiger partial charge in [0.25, 0.3) is 5.91 Å². The van der Waals surface area contributed by atoms with Crippen LogP contribution < -0.4 is 14.8 Å². The van der Waals surface area contributed by atoms with E-state index in [0.29, 0.717) is 24.5 Å². The van der Waals surface area contributed by atoms with E-state index in [2.05, 4.69) is 5.32 Å². The molecule has 3 rings (SSSR count). The summed E-state index contributed by atoms with van der Waals surface area (Å²) >= 11 is 0. The topological polar surface area (TPSA) is 77.1 Å². The van der Waals surface area contributed by atoms with E-state index in [1.165, 1.54) is 4.90 Å². The largest absolute Gasteiger partial charge is 0.454 e. The first-order valence-electron chi connectivity index (χ1n) is 8.35. The Kier molecular flexibility index (Phi) is 4.36. The SMILES string of the molecule is CC(C)(C)OCCN1C(=O)NC(C)(Cc2ccc3c(c2)OCO3)C1=O. The smallest absolute Gasteiger partial charge is 0.325 e. The van der Waals surface area contributed by atoms with Crippen LogP contribution in [0.3, 0.4) is 0 Å². The van der Waals surface area contributed by atoms with Gasteiger partial charge in [-0.05, 0) is 45.4 Å². The van der Waals surface area contributed by atoms with Gasteiger partial charge in [-0.15, -0.1) is 0 Å². The summed E-state index contributed by atoms with van der Waals surface area (Å²) in [6, 6.07) is 5.16. The average molecular weight is 348 g/mol. The van der Waals surface area contributed by atoms with E-state index in [9.17, 15) is 9.59 Å². The summed E-state index contributed by atoms with van der Waals surface area (Å²) in [5.41, 5.74) is -0.394. The predicted octanol–water partition coefficient (Wildman–Crippen LogP) is 2.08. The Bertz CT molecular complexity index is 697. The summed E-state index contributed by atoms with van der Waals surface area (Å²) in [5.74, 6) is 1.11. The Morgan fingerprint density at radius 3 is 2.68 bits per heavy atom. The standard InChI is InChI=1S/C18H24N2O5/c1-17(2,3)25-8-7-20-15(21)18(4,19-16(20)22)10-12-5-6-13-14(9-12)24-11-23-13/h5-6,9H,7-8,10-11H2,1-4H3,(H,19,22). The Hall–Kier alpha value is -2.28. The molecule has 2 aliphatic rings. The van der Waals surface area contributed by atoms with Crippen molar-refractivity contribution in [1.82, 2.24) is 10.2 Å². The number of urea groups is 1. The molecule has 0 aliphatic carbocycles. The Balaban J connectivity index is 1.67. The van der Waals surface area contributed by atoms with Crippen LogP contribution in [-0.2, 0) is 16.0 Å². The van der Waals surface area contributed by atoms with Crippen molar-refractivity contribution >= 4 is 11.9 Å². The van der Waals surface area contributed by atoms with Gasteiger partial charge in [0, 0.05) is 6.42 Å². The molecular formula is C18H24N2O5. The lowest BCUT2D eigenvalue weighted by Crippen LogP contribution is -2.46. The van der Waals surface area contributed by atoms with Crippen molar-refractivity contribution in [2.45, 2.75) is 45.3 Å². The number of carbonyl (C=O) groups is 2. The highest BCUT2D eigenvalue weighted by Crippen LogP contribution is 2.34. The van der Waals surface area contributed by atoms with Gasteiger partial charge in [0.2, 0.25) is 6.79 Å². The zero-order chi connectivity index (χ0) is 18.2. The Labute approximate surface area is 147 Å². The Morgan fingerprint density at radius 2 is 1.96 bits per heavy atom. The zero-order valence-electron chi connectivity index (χ0n) is 15.0. The molecule has 0 saturated carbocycles. The number of hydrogen-bond acceptors (Lipinski definition) is 5. The normalized spacial score (nSPS) is 22.5. The molecule has 1 N–H and O–H groups in total. The zero-order valence-corrected chi connectivity index (χ0v) is 15.0. The monoisotopic (exact) mass is 348 g/mol. The van der Waals surface area contributed by atoms with Crippen LogP contribution in [0.2, 0.25) is 0 Å². The van der Waals surface area contributed by atoms with E-state index in [4.69, 9.17) is 14.2 Å². The first-order valence-corrected chi connectivity index (χ1v) is 8.35. The highest BCUT2D eigenvalue weighted by Gasteiger charge is 2.47. The van der Waals surface area contributed by atoms with Crippen LogP contribution in [0.5, 0.6) is 11.5 Å². The highest BCUT2D eigenvalue weighted by atomic mass is 16.7. The number of benzene rings is 1. The van der Waals surface area contributed by atoms with E-state index in [0.717, 1.165) is 5.56 Å². The molecule has 2 heterocycles. The molecule has 2 aliphatic heterocycles. The lowest BCUT2D eigenvalue weighted by atomic mass is 9.92. The van der Waals surface area contributed by atoms with Crippen molar-refractivity contribution in [2.24, 2.45) is 0 Å². The number of nitrogens with one attached hydrogen (secondary N) is 1. The molecule has 7 heteroatoms. The van der Waals surface area contributed by atoms with Gasteiger partial charge in [0.05, 0.1) is 18.8 Å². The lowest BCUT2D eigenvalue weighted by molar-refractivity contribution is -0.131. The maximum atomic E-state index is 12.8. The first-order chi connectivity index (χ1) is 11.7. The molecule has 0 bridgehead atoms. The van der Waals surface area contributed by atoms with Gasteiger partial charge in [-0.2, -0.15) is 0 Å². The first kappa shape index (κ1) is 17.5. The molecule has 0 radical (unpaired) electrons. The molecular weight excluding hydrogens is 324 g/mol. The maximum absolute atomic E-state index is 12.8. The van der Waals surface area contributed by atoms with E-state index in [1.54, 1.807) is 6.92 Å². The summed E-state index contributed by atoms with van der Waals surface area (Å²) in [4.78, 5) is 26.2. The number of ether oxygens (including phenoxy) is 3. The predicted molar refractivity (Wildman–Crippen MR) is 90.6 cm³/mol. The number of amides is 3. The quantitative estimate of drug-likeness (QED) is 0.825. The molecule has 136 valence electrons. The molecule has 7 nitrogen and oxygen atoms in total. The van der Waals surface area contributed by atoms with Gasteiger partial charge in [-0.3, -0.25) is 9.69 Å². The second-order valence-electron chi connectivity index (χ2n) is 7.54. The summed E-state index contributed by atoms with van der Waals surface area (Å²) in [6.45, 7) is 8.28. The highest BCUT2D eigenvalue weighted by molar-refractivity contribution is 6.06. The van der Waals surface area contributed by atoms with Crippen LogP contribution >= 0.6 is 0 Å². The minimum Gasteiger partial charge on any atom is -0.454 e. The van der Waals surface area contributed by atoms with Gasteiger partial charge >= 0.3 is 6.03 Å². The Morgan fingerprint density at radius 1 is 1.24 bits per heavy atom. The van der Waals surface area contributed by atoms with Crippen LogP contribution in [-0.4, -0.2) is 47.9 Å². The van der Waals surface area contributed by atoms with Crippen LogP contribution in [0.15, 0.2) is 18.2 Å². The molecule has 0 aromatic heterocycles. The van der Waals surface area contributed by atoms with Crippen LogP contribution in [0.4, 0.5) is 4.79 Å². The van der Waals surface area contributed by atoms with Gasteiger partial charge in [-0.1, -0.05) is 6.07 Å². The third-order valence-electron chi connectivity index (χ3n) is 4.19. The summed E-state index contributed by atoms with van der Waals surface area (Å²) < 4.78 is 16.3. The van der Waals surface area contributed by atoms with Gasteiger partial charge < -0.3 is 19.5 Å². The van der Waals surface area contributed by atoms with Crippen LogP contribution in [0.25, 0.3) is 0 Å². The average Bonchev–Trinajstić information content (AvgIpc) is 3.04. The van der Waals surface area contributed by atoms with Gasteiger partial charge in [0.1, 0.15) is 5.54 Å². The van der Waals surface area contributed by atoms with Crippen molar-refractivity contribution in [3.8, 4) is 11.5 Å². The molecule has 1 aromatic carbocycles. The fourth-order valence-electron chi connectivity index (χ4n) is 2.97. The van der Waals surface area contributed by atoms with Crippen molar-refractivity contribution in [2.75, 3.05) is 19.9 Å².